The van der Waals surface area contributed by atoms with E-state index in [-0.39, 0.29) is 34.3 Å². The van der Waals surface area contributed by atoms with Crippen LogP contribution in [0.4, 0.5) is 0 Å². The van der Waals surface area contributed by atoms with Crippen molar-refractivity contribution in [1.29, 1.82) is 0 Å². The van der Waals surface area contributed by atoms with E-state index in [4.69, 9.17) is 30.3 Å². The Morgan fingerprint density at radius 1 is 1.09 bits per heavy atom. The van der Waals surface area contributed by atoms with E-state index in [2.05, 4.69) is 65.0 Å². The molecule has 2 rings (SSSR count). The third-order valence-corrected chi connectivity index (χ3v) is 4.39. The van der Waals surface area contributed by atoms with Crippen molar-refractivity contribution in [2.45, 2.75) is 38.7 Å². The van der Waals surface area contributed by atoms with Crippen molar-refractivity contribution in [1.82, 2.24) is 0 Å². The van der Waals surface area contributed by atoms with Gasteiger partial charge in [0.15, 0.2) is 0 Å². The molecule has 0 aromatic heterocycles. The molecule has 1 saturated heterocycles. The van der Waals surface area contributed by atoms with E-state index in [1.807, 2.05) is 0 Å². The summed E-state index contributed by atoms with van der Waals surface area (Å²) in [5.41, 5.74) is 2.55. The maximum absolute atomic E-state index is 7.50. The van der Waals surface area contributed by atoms with Crippen LogP contribution in [0.25, 0.3) is 0 Å². The van der Waals surface area contributed by atoms with Gasteiger partial charge in [0.25, 0.3) is 0 Å². The second kappa shape index (κ2) is 14.8. The zero-order valence-corrected chi connectivity index (χ0v) is 15.3. The van der Waals surface area contributed by atoms with Crippen LogP contribution in [0.3, 0.4) is 0 Å². The van der Waals surface area contributed by atoms with Crippen molar-refractivity contribution in [2.24, 2.45) is 5.41 Å². The quantitative estimate of drug-likeness (QED) is 0.416. The Balaban J connectivity index is -0.000000514. The molecule has 0 spiro atoms. The topological polar surface area (TPSA) is 68.9 Å². The van der Waals surface area contributed by atoms with E-state index in [1.54, 1.807) is 0 Å². The minimum absolute atomic E-state index is 0. The van der Waals surface area contributed by atoms with Crippen LogP contribution in [-0.2, 0) is 36.1 Å². The molecule has 1 fully saturated rings. The number of aryl methyl sites for hydroxylation is 1. The number of halogens is 1. The molecule has 4 nitrogen and oxygen atoms in total. The molecule has 124 valence electrons. The predicted octanol–water partition coefficient (Wildman–Crippen LogP) is 3.97. The van der Waals surface area contributed by atoms with Gasteiger partial charge in [0.1, 0.15) is 0 Å². The van der Waals surface area contributed by atoms with E-state index >= 15 is 0 Å². The van der Waals surface area contributed by atoms with Gasteiger partial charge in [-0.05, 0) is 24.5 Å². The molecule has 6 heteroatoms. The third kappa shape index (κ3) is 7.55. The molecule has 0 unspecified atom stereocenters. The standard InChI is InChI=1S/C14H19ClO.3CO.Cr/c1-10-6-4-5-7-11(10)13-14(2,3)12(15)8-9-16-13;3*1-2;/h4-7,12-13H,8-9H2,1-3H3;;;;/t12-,13-;;;;/m0..../s1. The monoisotopic (exact) mass is 374 g/mol. The van der Waals surface area contributed by atoms with Gasteiger partial charge in [-0.2, -0.15) is 0 Å². The second-order valence-electron chi connectivity index (χ2n) is 5.18. The summed E-state index contributed by atoms with van der Waals surface area (Å²) in [4.78, 5) is 0. The smallest absolute Gasteiger partial charge is 0 e. The van der Waals surface area contributed by atoms with Crippen LogP contribution in [0.2, 0.25) is 0 Å². The molecule has 23 heavy (non-hydrogen) atoms. The van der Waals surface area contributed by atoms with Crippen molar-refractivity contribution in [2.75, 3.05) is 6.61 Å². The Bertz CT molecular complexity index is 483. The van der Waals surface area contributed by atoms with E-state index < -0.39 is 0 Å². The van der Waals surface area contributed by atoms with Crippen molar-refractivity contribution in [3.63, 3.8) is 0 Å². The maximum Gasteiger partial charge on any atom is 0 e. The van der Waals surface area contributed by atoms with Crippen LogP contribution in [0.5, 0.6) is 0 Å². The number of rotatable bonds is 1. The van der Waals surface area contributed by atoms with E-state index in [0.29, 0.717) is 0 Å². The molecule has 0 amide bonds. The van der Waals surface area contributed by atoms with Crippen molar-refractivity contribution >= 4 is 11.6 Å². The molecule has 1 heterocycles. The normalized spacial score (nSPS) is 20.4. The van der Waals surface area contributed by atoms with E-state index in [1.165, 1.54) is 11.1 Å². The van der Waals surface area contributed by atoms with Gasteiger partial charge in [-0.15, -0.1) is 11.6 Å². The minimum Gasteiger partial charge on any atom is 0 e. The van der Waals surface area contributed by atoms with Crippen LogP contribution in [0, 0.1) is 32.3 Å². The van der Waals surface area contributed by atoms with Gasteiger partial charge >= 0.3 is 33.9 Å². The first-order valence-electron chi connectivity index (χ1n) is 6.46. The summed E-state index contributed by atoms with van der Waals surface area (Å²) in [5.74, 6) is 0. The largest absolute Gasteiger partial charge is 0 e. The van der Waals surface area contributed by atoms with E-state index in [0.717, 1.165) is 13.0 Å². The Hall–Kier alpha value is -0.778. The van der Waals surface area contributed by atoms with Crippen LogP contribution < -0.4 is 0 Å². The molecule has 0 aliphatic carbocycles. The second-order valence-corrected chi connectivity index (χ2v) is 5.71. The summed E-state index contributed by atoms with van der Waals surface area (Å²) in [5, 5.41) is 0.186. The van der Waals surface area contributed by atoms with Crippen LogP contribution in [0.1, 0.15) is 37.5 Å². The fourth-order valence-electron chi connectivity index (χ4n) is 2.41. The summed E-state index contributed by atoms with van der Waals surface area (Å²) in [6, 6.07) is 8.41. The third-order valence-electron chi connectivity index (χ3n) is 3.61. The number of hydrogen-bond donors (Lipinski definition) is 0. The van der Waals surface area contributed by atoms with Crippen LogP contribution in [0.15, 0.2) is 24.3 Å². The molecular weight excluding hydrogens is 356 g/mol. The first-order chi connectivity index (χ1) is 10.5. The molecule has 1 aromatic carbocycles. The molecule has 1 aromatic rings. The van der Waals surface area contributed by atoms with Gasteiger partial charge in [0.05, 0.1) is 6.10 Å². The number of alkyl halides is 1. The molecule has 0 N–H and O–H groups in total. The van der Waals surface area contributed by atoms with Crippen molar-refractivity contribution in [3.05, 3.63) is 55.3 Å². The number of ether oxygens (including phenoxy) is 1. The average molecular weight is 375 g/mol. The zero-order chi connectivity index (χ0) is 17.8. The number of hydrogen-bond acceptors (Lipinski definition) is 1. The zero-order valence-electron chi connectivity index (χ0n) is 13.3. The first kappa shape index (κ1) is 27.1. The number of benzene rings is 1. The first-order valence-corrected chi connectivity index (χ1v) is 6.89. The Morgan fingerprint density at radius 2 is 1.57 bits per heavy atom. The molecule has 2 atom stereocenters. The van der Waals surface area contributed by atoms with Gasteiger partial charge in [-0.3, -0.25) is 0 Å². The summed E-state index contributed by atoms with van der Waals surface area (Å²) in [6.45, 7) is 20.8. The summed E-state index contributed by atoms with van der Waals surface area (Å²) < 4.78 is 28.4. The van der Waals surface area contributed by atoms with Crippen molar-refractivity contribution < 1.29 is 36.1 Å². The van der Waals surface area contributed by atoms with Crippen LogP contribution in [-0.4, -0.2) is 12.0 Å². The van der Waals surface area contributed by atoms with Gasteiger partial charge in [-0.25, -0.2) is 0 Å². The molecule has 0 radical (unpaired) electrons. The van der Waals surface area contributed by atoms with Crippen LogP contribution >= 0.6 is 11.6 Å². The average Bonchev–Trinajstić information content (AvgIpc) is 2.57. The summed E-state index contributed by atoms with van der Waals surface area (Å²) >= 11 is 6.43. The fourth-order valence-corrected chi connectivity index (χ4v) is 2.62. The maximum atomic E-state index is 7.50. The molecular formula is C17H19ClCrO4. The predicted molar refractivity (Wildman–Crippen MR) is 79.7 cm³/mol. The van der Waals surface area contributed by atoms with Gasteiger partial charge in [-0.1, -0.05) is 38.1 Å². The fraction of sp³-hybridized carbons (Fsp3) is 0.471. The summed E-state index contributed by atoms with van der Waals surface area (Å²) in [6.07, 6.45) is 1.06. The molecule has 1 aliphatic rings. The molecule has 0 saturated carbocycles. The van der Waals surface area contributed by atoms with Gasteiger partial charge in [0.2, 0.25) is 0 Å². The van der Waals surface area contributed by atoms with E-state index in [9.17, 15) is 0 Å². The Labute approximate surface area is 153 Å². The minimum atomic E-state index is -0.00802. The Morgan fingerprint density at radius 3 is 2.04 bits per heavy atom. The van der Waals surface area contributed by atoms with Crippen molar-refractivity contribution in [3.8, 4) is 0 Å². The molecule has 1 aliphatic heterocycles. The SMILES string of the molecule is Cc1ccccc1[C@@H]1OCC[C@H](Cl)C1(C)C.[C-]#[O+].[C-]#[O+].[C-]#[O+].[Cr]. The Kier molecular flexibility index (Phi) is 17.4. The van der Waals surface area contributed by atoms with Gasteiger partial charge in [0, 0.05) is 34.8 Å². The molecule has 0 bridgehead atoms. The van der Waals surface area contributed by atoms with Gasteiger partial charge < -0.3 is 4.74 Å². The summed E-state index contributed by atoms with van der Waals surface area (Å²) in [7, 11) is 0.